The SMILES string of the molecule is O=C(O)c1cccn2cc(CC3CCOCC3)nc12. The molecule has 1 fully saturated rings. The lowest BCUT2D eigenvalue weighted by Crippen LogP contribution is -2.17. The summed E-state index contributed by atoms with van der Waals surface area (Å²) in [7, 11) is 0. The zero-order valence-electron chi connectivity index (χ0n) is 10.6. The maximum absolute atomic E-state index is 11.1. The molecule has 0 spiro atoms. The van der Waals surface area contributed by atoms with Crippen molar-refractivity contribution < 1.29 is 14.6 Å². The third kappa shape index (κ3) is 2.46. The molecule has 0 aliphatic carbocycles. The van der Waals surface area contributed by atoms with Gasteiger partial charge in [0.05, 0.1) is 5.69 Å². The van der Waals surface area contributed by atoms with Crippen LogP contribution in [0, 0.1) is 5.92 Å². The van der Waals surface area contributed by atoms with E-state index >= 15 is 0 Å². The van der Waals surface area contributed by atoms with Crippen LogP contribution in [0.1, 0.15) is 28.9 Å². The second kappa shape index (κ2) is 5.01. The van der Waals surface area contributed by atoms with Gasteiger partial charge in [0.2, 0.25) is 0 Å². The summed E-state index contributed by atoms with van der Waals surface area (Å²) in [5, 5.41) is 9.14. The molecule has 3 heterocycles. The number of nitrogens with zero attached hydrogens (tertiary/aromatic N) is 2. The minimum absolute atomic E-state index is 0.251. The van der Waals surface area contributed by atoms with Gasteiger partial charge < -0.3 is 14.2 Å². The van der Waals surface area contributed by atoms with Crippen LogP contribution < -0.4 is 0 Å². The first-order valence-electron chi connectivity index (χ1n) is 6.51. The normalized spacial score (nSPS) is 16.8. The Morgan fingerprint density at radius 2 is 2.26 bits per heavy atom. The number of aromatic nitrogens is 2. The van der Waals surface area contributed by atoms with E-state index in [-0.39, 0.29) is 5.56 Å². The van der Waals surface area contributed by atoms with Crippen LogP contribution in [0.3, 0.4) is 0 Å². The van der Waals surface area contributed by atoms with Crippen molar-refractivity contribution >= 4 is 11.6 Å². The van der Waals surface area contributed by atoms with E-state index in [1.165, 1.54) is 0 Å². The molecular formula is C14H16N2O3. The van der Waals surface area contributed by atoms with Crippen molar-refractivity contribution in [3.05, 3.63) is 35.8 Å². The fraction of sp³-hybridized carbons (Fsp3) is 0.429. The molecule has 1 saturated heterocycles. The van der Waals surface area contributed by atoms with Gasteiger partial charge in [-0.25, -0.2) is 9.78 Å². The van der Waals surface area contributed by atoms with Gasteiger partial charge in [0.25, 0.3) is 0 Å². The van der Waals surface area contributed by atoms with Crippen molar-refractivity contribution in [2.45, 2.75) is 19.3 Å². The first-order chi connectivity index (χ1) is 9.24. The van der Waals surface area contributed by atoms with Crippen LogP contribution in [-0.2, 0) is 11.2 Å². The van der Waals surface area contributed by atoms with Crippen LogP contribution >= 0.6 is 0 Å². The van der Waals surface area contributed by atoms with E-state index in [0.29, 0.717) is 11.6 Å². The van der Waals surface area contributed by atoms with E-state index in [0.717, 1.165) is 38.2 Å². The summed E-state index contributed by atoms with van der Waals surface area (Å²) in [4.78, 5) is 15.6. The molecule has 2 aromatic rings. The number of hydrogen-bond donors (Lipinski definition) is 1. The highest BCUT2D eigenvalue weighted by Crippen LogP contribution is 2.20. The van der Waals surface area contributed by atoms with Crippen molar-refractivity contribution in [3.63, 3.8) is 0 Å². The average Bonchev–Trinajstić information content (AvgIpc) is 2.81. The average molecular weight is 260 g/mol. The second-order valence-corrected chi connectivity index (χ2v) is 4.95. The summed E-state index contributed by atoms with van der Waals surface area (Å²) in [6.07, 6.45) is 6.77. The lowest BCUT2D eigenvalue weighted by molar-refractivity contribution is 0.0663. The minimum Gasteiger partial charge on any atom is -0.478 e. The zero-order valence-corrected chi connectivity index (χ0v) is 10.6. The number of carboxylic acids is 1. The van der Waals surface area contributed by atoms with E-state index in [9.17, 15) is 4.79 Å². The molecule has 0 atom stereocenters. The Morgan fingerprint density at radius 1 is 1.47 bits per heavy atom. The molecule has 0 bridgehead atoms. The number of pyridine rings is 1. The molecular weight excluding hydrogens is 244 g/mol. The molecule has 1 N–H and O–H groups in total. The molecule has 0 aromatic carbocycles. The predicted octanol–water partition coefficient (Wildman–Crippen LogP) is 2.00. The first kappa shape index (κ1) is 12.2. The van der Waals surface area contributed by atoms with Gasteiger partial charge in [-0.05, 0) is 37.3 Å². The minimum atomic E-state index is -0.936. The highest BCUT2D eigenvalue weighted by Gasteiger charge is 2.17. The molecule has 1 aliphatic heterocycles. The van der Waals surface area contributed by atoms with Crippen LogP contribution in [0.25, 0.3) is 5.65 Å². The van der Waals surface area contributed by atoms with Gasteiger partial charge in [0.15, 0.2) is 5.65 Å². The fourth-order valence-corrected chi connectivity index (χ4v) is 2.58. The predicted molar refractivity (Wildman–Crippen MR) is 69.4 cm³/mol. The number of ether oxygens (including phenoxy) is 1. The molecule has 100 valence electrons. The summed E-state index contributed by atoms with van der Waals surface area (Å²) in [6.45, 7) is 1.64. The van der Waals surface area contributed by atoms with E-state index in [4.69, 9.17) is 9.84 Å². The number of aromatic carboxylic acids is 1. The molecule has 5 heteroatoms. The van der Waals surface area contributed by atoms with Gasteiger partial charge in [-0.15, -0.1) is 0 Å². The Labute approximate surface area is 110 Å². The van der Waals surface area contributed by atoms with Gasteiger partial charge in [0.1, 0.15) is 5.56 Å². The van der Waals surface area contributed by atoms with Crippen molar-refractivity contribution in [1.29, 1.82) is 0 Å². The van der Waals surface area contributed by atoms with Crippen molar-refractivity contribution in [3.8, 4) is 0 Å². The maximum atomic E-state index is 11.1. The molecule has 5 nitrogen and oxygen atoms in total. The van der Waals surface area contributed by atoms with E-state index in [2.05, 4.69) is 4.98 Å². The molecule has 0 amide bonds. The largest absolute Gasteiger partial charge is 0.478 e. The number of carbonyl (C=O) groups is 1. The van der Waals surface area contributed by atoms with Gasteiger partial charge in [0, 0.05) is 25.6 Å². The van der Waals surface area contributed by atoms with Gasteiger partial charge in [-0.3, -0.25) is 0 Å². The first-order valence-corrected chi connectivity index (χ1v) is 6.51. The van der Waals surface area contributed by atoms with E-state index < -0.39 is 5.97 Å². The monoisotopic (exact) mass is 260 g/mol. The molecule has 0 unspecified atom stereocenters. The van der Waals surface area contributed by atoms with Crippen LogP contribution in [0.5, 0.6) is 0 Å². The van der Waals surface area contributed by atoms with Gasteiger partial charge >= 0.3 is 5.97 Å². The zero-order chi connectivity index (χ0) is 13.2. The standard InChI is InChI=1S/C14H16N2O3/c17-14(18)12-2-1-5-16-9-11(15-13(12)16)8-10-3-6-19-7-4-10/h1-2,5,9-10H,3-4,6-8H2,(H,17,18). The lowest BCUT2D eigenvalue weighted by atomic mass is 9.95. The molecule has 2 aromatic heterocycles. The summed E-state index contributed by atoms with van der Waals surface area (Å²) in [5.74, 6) is -0.347. The Hall–Kier alpha value is -1.88. The number of rotatable bonds is 3. The third-order valence-electron chi connectivity index (χ3n) is 3.60. The fourth-order valence-electron chi connectivity index (χ4n) is 2.58. The number of carboxylic acid groups (broad SMARTS) is 1. The van der Waals surface area contributed by atoms with Gasteiger partial charge in [-0.1, -0.05) is 0 Å². The Kier molecular flexibility index (Phi) is 3.21. The quantitative estimate of drug-likeness (QED) is 0.916. The summed E-state index contributed by atoms with van der Waals surface area (Å²) < 4.78 is 7.13. The summed E-state index contributed by atoms with van der Waals surface area (Å²) in [6, 6.07) is 3.32. The summed E-state index contributed by atoms with van der Waals surface area (Å²) >= 11 is 0. The van der Waals surface area contributed by atoms with Crippen LogP contribution in [0.4, 0.5) is 0 Å². The molecule has 3 rings (SSSR count). The van der Waals surface area contributed by atoms with E-state index in [1.807, 2.05) is 12.4 Å². The number of imidazole rings is 1. The van der Waals surface area contributed by atoms with Crippen molar-refractivity contribution in [1.82, 2.24) is 9.38 Å². The third-order valence-corrected chi connectivity index (χ3v) is 3.60. The van der Waals surface area contributed by atoms with Crippen molar-refractivity contribution in [2.24, 2.45) is 5.92 Å². The lowest BCUT2D eigenvalue weighted by Gasteiger charge is -2.20. The topological polar surface area (TPSA) is 63.8 Å². The molecule has 19 heavy (non-hydrogen) atoms. The van der Waals surface area contributed by atoms with Gasteiger partial charge in [-0.2, -0.15) is 0 Å². The van der Waals surface area contributed by atoms with Crippen molar-refractivity contribution in [2.75, 3.05) is 13.2 Å². The second-order valence-electron chi connectivity index (χ2n) is 4.95. The van der Waals surface area contributed by atoms with Crippen LogP contribution in [0.2, 0.25) is 0 Å². The highest BCUT2D eigenvalue weighted by atomic mass is 16.5. The highest BCUT2D eigenvalue weighted by molar-refractivity contribution is 5.94. The number of fused-ring (bicyclic) bond motifs is 1. The Balaban J connectivity index is 1.88. The Bertz CT molecular complexity index is 600. The molecule has 0 saturated carbocycles. The molecule has 0 radical (unpaired) electrons. The van der Waals surface area contributed by atoms with Crippen LogP contribution in [-0.4, -0.2) is 33.7 Å². The van der Waals surface area contributed by atoms with Crippen LogP contribution in [0.15, 0.2) is 24.5 Å². The Morgan fingerprint density at radius 3 is 3.00 bits per heavy atom. The number of hydrogen-bond acceptors (Lipinski definition) is 3. The smallest absolute Gasteiger partial charge is 0.339 e. The van der Waals surface area contributed by atoms with E-state index in [1.54, 1.807) is 16.5 Å². The maximum Gasteiger partial charge on any atom is 0.339 e. The summed E-state index contributed by atoms with van der Waals surface area (Å²) in [5.41, 5.74) is 1.73. The molecule has 1 aliphatic rings.